The second-order valence-electron chi connectivity index (χ2n) is 3.20. The number of nitrogens with one attached hydrogen (secondary N) is 1. The maximum atomic E-state index is 11.0. The first-order valence-corrected chi connectivity index (χ1v) is 5.09. The van der Waals surface area contributed by atoms with Gasteiger partial charge in [-0.15, -0.1) is 11.8 Å². The van der Waals surface area contributed by atoms with E-state index in [4.69, 9.17) is 0 Å². The van der Waals surface area contributed by atoms with Gasteiger partial charge in [-0.1, -0.05) is 19.1 Å². The Labute approximate surface area is 76.1 Å². The van der Waals surface area contributed by atoms with Crippen molar-refractivity contribution >= 4 is 17.7 Å². The molecule has 1 heterocycles. The van der Waals surface area contributed by atoms with Crippen LogP contribution in [0.1, 0.15) is 13.3 Å². The highest BCUT2D eigenvalue weighted by molar-refractivity contribution is 8.04. The highest BCUT2D eigenvalue weighted by Crippen LogP contribution is 2.32. The van der Waals surface area contributed by atoms with E-state index in [9.17, 15) is 4.79 Å². The molecule has 1 amide bonds. The summed E-state index contributed by atoms with van der Waals surface area (Å²) in [6, 6.07) is 0. The van der Waals surface area contributed by atoms with Crippen molar-refractivity contribution in [1.29, 1.82) is 0 Å². The standard InChI is InChI=1S/C9H11NOS/c1-6-2-3-8-7(4-6)10-9(11)5-12-8/h3-4,6H,2,5H2,1H3,(H,10,11). The van der Waals surface area contributed by atoms with Crippen LogP contribution in [-0.4, -0.2) is 11.7 Å². The van der Waals surface area contributed by atoms with Crippen LogP contribution in [0, 0.1) is 5.92 Å². The summed E-state index contributed by atoms with van der Waals surface area (Å²) in [7, 11) is 0. The number of hydrogen-bond donors (Lipinski definition) is 1. The second kappa shape index (κ2) is 2.98. The summed E-state index contributed by atoms with van der Waals surface area (Å²) >= 11 is 1.64. The lowest BCUT2D eigenvalue weighted by Gasteiger charge is -2.23. The first-order chi connectivity index (χ1) is 5.75. The minimum atomic E-state index is 0.123. The molecule has 1 aliphatic carbocycles. The molecule has 0 spiro atoms. The molecule has 2 rings (SSSR count). The van der Waals surface area contributed by atoms with Crippen molar-refractivity contribution in [2.24, 2.45) is 5.92 Å². The molecule has 0 aromatic rings. The van der Waals surface area contributed by atoms with E-state index in [1.807, 2.05) is 0 Å². The van der Waals surface area contributed by atoms with Gasteiger partial charge in [-0.25, -0.2) is 0 Å². The number of thioether (sulfide) groups is 1. The molecule has 2 aliphatic rings. The summed E-state index contributed by atoms with van der Waals surface area (Å²) in [5, 5.41) is 2.88. The fourth-order valence-electron chi connectivity index (χ4n) is 1.41. The SMILES string of the molecule is CC1C=C2NC(=O)CSC2=CC1. The van der Waals surface area contributed by atoms with Gasteiger partial charge in [0.2, 0.25) is 5.91 Å². The van der Waals surface area contributed by atoms with Gasteiger partial charge in [0, 0.05) is 4.91 Å². The fraction of sp³-hybridized carbons (Fsp3) is 0.444. The van der Waals surface area contributed by atoms with Crippen LogP contribution in [0.4, 0.5) is 0 Å². The Bertz CT molecular complexity index is 280. The summed E-state index contributed by atoms with van der Waals surface area (Å²) in [6.07, 6.45) is 5.45. The molecular formula is C9H11NOS. The number of hydrogen-bond acceptors (Lipinski definition) is 2. The fourth-order valence-corrected chi connectivity index (χ4v) is 2.25. The molecular weight excluding hydrogens is 170 g/mol. The normalized spacial score (nSPS) is 28.4. The summed E-state index contributed by atoms with van der Waals surface area (Å²) in [4.78, 5) is 12.3. The summed E-state index contributed by atoms with van der Waals surface area (Å²) in [5.41, 5.74) is 1.02. The molecule has 0 radical (unpaired) electrons. The number of rotatable bonds is 0. The first kappa shape index (κ1) is 7.92. The van der Waals surface area contributed by atoms with Crippen LogP contribution in [0.5, 0.6) is 0 Å². The van der Waals surface area contributed by atoms with Gasteiger partial charge in [0.25, 0.3) is 0 Å². The second-order valence-corrected chi connectivity index (χ2v) is 4.22. The molecule has 3 heteroatoms. The third-order valence-electron chi connectivity index (χ3n) is 2.02. The van der Waals surface area contributed by atoms with Gasteiger partial charge < -0.3 is 5.32 Å². The highest BCUT2D eigenvalue weighted by Gasteiger charge is 2.20. The van der Waals surface area contributed by atoms with E-state index in [1.165, 1.54) is 4.91 Å². The summed E-state index contributed by atoms with van der Waals surface area (Å²) < 4.78 is 0. The van der Waals surface area contributed by atoms with Crippen LogP contribution in [-0.2, 0) is 4.79 Å². The van der Waals surface area contributed by atoms with Crippen LogP contribution >= 0.6 is 11.8 Å². The average Bonchev–Trinajstić information content (AvgIpc) is 2.03. The Balaban J connectivity index is 2.23. The van der Waals surface area contributed by atoms with Crippen LogP contribution < -0.4 is 5.32 Å². The Morgan fingerprint density at radius 2 is 2.50 bits per heavy atom. The van der Waals surface area contributed by atoms with Crippen molar-refractivity contribution in [3.8, 4) is 0 Å². The Morgan fingerprint density at radius 1 is 1.67 bits per heavy atom. The molecule has 12 heavy (non-hydrogen) atoms. The number of fused-ring (bicyclic) bond motifs is 1. The number of amides is 1. The first-order valence-electron chi connectivity index (χ1n) is 4.11. The van der Waals surface area contributed by atoms with Crippen molar-refractivity contribution in [2.45, 2.75) is 13.3 Å². The van der Waals surface area contributed by atoms with E-state index in [1.54, 1.807) is 11.8 Å². The van der Waals surface area contributed by atoms with Gasteiger partial charge >= 0.3 is 0 Å². The maximum Gasteiger partial charge on any atom is 0.234 e. The molecule has 1 saturated heterocycles. The number of carbonyl (C=O) groups excluding carboxylic acids is 1. The van der Waals surface area contributed by atoms with Crippen LogP contribution in [0.25, 0.3) is 0 Å². The van der Waals surface area contributed by atoms with Gasteiger partial charge in [-0.2, -0.15) is 0 Å². The third kappa shape index (κ3) is 1.41. The molecule has 0 aromatic carbocycles. The van der Waals surface area contributed by atoms with E-state index >= 15 is 0 Å². The molecule has 1 aliphatic heterocycles. The predicted octanol–water partition coefficient (Wildman–Crippen LogP) is 1.66. The number of allylic oxidation sites excluding steroid dienone is 2. The highest BCUT2D eigenvalue weighted by atomic mass is 32.2. The quantitative estimate of drug-likeness (QED) is 0.615. The minimum Gasteiger partial charge on any atom is -0.325 e. The molecule has 2 nitrogen and oxygen atoms in total. The van der Waals surface area contributed by atoms with Crippen LogP contribution in [0.2, 0.25) is 0 Å². The lowest BCUT2D eigenvalue weighted by Crippen LogP contribution is -2.30. The van der Waals surface area contributed by atoms with Gasteiger partial charge in [0.05, 0.1) is 11.4 Å². The van der Waals surface area contributed by atoms with E-state index in [2.05, 4.69) is 24.4 Å². The van der Waals surface area contributed by atoms with E-state index in [0.717, 1.165) is 12.1 Å². The van der Waals surface area contributed by atoms with Crippen molar-refractivity contribution in [2.75, 3.05) is 5.75 Å². The molecule has 0 bridgehead atoms. The third-order valence-corrected chi connectivity index (χ3v) is 3.13. The van der Waals surface area contributed by atoms with Crippen molar-refractivity contribution in [3.63, 3.8) is 0 Å². The lowest BCUT2D eigenvalue weighted by molar-refractivity contribution is -0.117. The maximum absolute atomic E-state index is 11.0. The molecule has 1 N–H and O–H groups in total. The summed E-state index contributed by atoms with van der Waals surface area (Å²) in [5.74, 6) is 1.25. The molecule has 0 aromatic heterocycles. The monoisotopic (exact) mass is 181 g/mol. The van der Waals surface area contributed by atoms with Gasteiger partial charge in [-0.3, -0.25) is 4.79 Å². The predicted molar refractivity (Wildman–Crippen MR) is 50.5 cm³/mol. The van der Waals surface area contributed by atoms with Gasteiger partial charge in [0.1, 0.15) is 0 Å². The van der Waals surface area contributed by atoms with Crippen molar-refractivity contribution in [1.82, 2.24) is 5.32 Å². The molecule has 1 unspecified atom stereocenters. The molecule has 1 fully saturated rings. The zero-order chi connectivity index (χ0) is 8.55. The van der Waals surface area contributed by atoms with Crippen LogP contribution in [0.3, 0.4) is 0 Å². The zero-order valence-electron chi connectivity index (χ0n) is 6.96. The Morgan fingerprint density at radius 3 is 3.33 bits per heavy atom. The van der Waals surface area contributed by atoms with Crippen molar-refractivity contribution < 1.29 is 4.79 Å². The van der Waals surface area contributed by atoms with Gasteiger partial charge in [-0.05, 0) is 12.3 Å². The minimum absolute atomic E-state index is 0.123. The average molecular weight is 181 g/mol. The lowest BCUT2D eigenvalue weighted by atomic mass is 10.0. The van der Waals surface area contributed by atoms with Gasteiger partial charge in [0.15, 0.2) is 0 Å². The molecule has 0 saturated carbocycles. The smallest absolute Gasteiger partial charge is 0.234 e. The van der Waals surface area contributed by atoms with Crippen LogP contribution in [0.15, 0.2) is 22.8 Å². The molecule has 64 valence electrons. The molecule has 1 atom stereocenters. The Kier molecular flexibility index (Phi) is 1.97. The zero-order valence-corrected chi connectivity index (χ0v) is 7.78. The van der Waals surface area contributed by atoms with E-state index in [0.29, 0.717) is 11.7 Å². The number of carbonyl (C=O) groups is 1. The van der Waals surface area contributed by atoms with Crippen molar-refractivity contribution in [3.05, 3.63) is 22.8 Å². The van der Waals surface area contributed by atoms with E-state index in [-0.39, 0.29) is 5.91 Å². The van der Waals surface area contributed by atoms with E-state index < -0.39 is 0 Å². The largest absolute Gasteiger partial charge is 0.325 e. The Hall–Kier alpha value is -0.700. The topological polar surface area (TPSA) is 29.1 Å². The summed E-state index contributed by atoms with van der Waals surface area (Å²) in [6.45, 7) is 2.16.